The predicted octanol–water partition coefficient (Wildman–Crippen LogP) is 2.67. The second-order valence-corrected chi connectivity index (χ2v) is 4.19. The lowest BCUT2D eigenvalue weighted by Gasteiger charge is -2.24. The summed E-state index contributed by atoms with van der Waals surface area (Å²) in [5, 5.41) is 0. The molecule has 2 nitrogen and oxygen atoms in total. The summed E-state index contributed by atoms with van der Waals surface area (Å²) in [5.74, 6) is 0. The van der Waals surface area contributed by atoms with E-state index < -0.39 is 0 Å². The van der Waals surface area contributed by atoms with Gasteiger partial charge in [0.2, 0.25) is 0 Å². The molecule has 0 saturated carbocycles. The molecule has 0 atom stereocenters. The Hall–Kier alpha value is -1.74. The van der Waals surface area contributed by atoms with Crippen LogP contribution in [0.15, 0.2) is 60.7 Å². The second kappa shape index (κ2) is 4.64. The van der Waals surface area contributed by atoms with Gasteiger partial charge < -0.3 is 9.62 Å². The molecular weight excluding hydrogens is 207 g/mol. The molecule has 1 heterocycles. The van der Waals surface area contributed by atoms with Crippen LogP contribution in [0.2, 0.25) is 0 Å². The molecule has 2 aromatic carbocycles. The maximum atomic E-state index is 2.29. The highest BCUT2D eigenvalue weighted by atomic mass is 15.3. The van der Waals surface area contributed by atoms with E-state index in [0.717, 1.165) is 13.1 Å². The lowest BCUT2D eigenvalue weighted by atomic mass is 10.0. The first-order valence-electron chi connectivity index (χ1n) is 5.92. The molecule has 83 valence electrons. The van der Waals surface area contributed by atoms with Gasteiger partial charge in [-0.05, 0) is 24.3 Å². The fourth-order valence-electron chi connectivity index (χ4n) is 1.80. The molecule has 0 unspecified atom stereocenters. The Labute approximate surface area is 103 Å². The van der Waals surface area contributed by atoms with Crippen LogP contribution in [0.3, 0.4) is 0 Å². The lowest BCUT2D eigenvalue weighted by Crippen LogP contribution is -2.28. The van der Waals surface area contributed by atoms with Crippen molar-refractivity contribution >= 4 is 18.9 Å². The van der Waals surface area contributed by atoms with Gasteiger partial charge in [0, 0.05) is 24.5 Å². The molecule has 0 aromatic heterocycles. The molecule has 17 heavy (non-hydrogen) atoms. The zero-order chi connectivity index (χ0) is 11.5. The molecule has 0 spiro atoms. The highest BCUT2D eigenvalue weighted by molar-refractivity contribution is 6.41. The van der Waals surface area contributed by atoms with Crippen LogP contribution >= 0.6 is 0 Å². The largest absolute Gasteiger partial charge is 0.374 e. The minimum Gasteiger partial charge on any atom is -0.374 e. The van der Waals surface area contributed by atoms with Gasteiger partial charge in [0.05, 0.1) is 0 Å². The highest BCUT2D eigenvalue weighted by Gasteiger charge is 2.24. The average Bonchev–Trinajstić information content (AvgIpc) is 3.22. The van der Waals surface area contributed by atoms with Crippen molar-refractivity contribution in [3.63, 3.8) is 0 Å². The molecule has 1 saturated heterocycles. The van der Waals surface area contributed by atoms with Crippen molar-refractivity contribution in [1.29, 1.82) is 0 Å². The molecule has 1 fully saturated rings. The maximum absolute atomic E-state index is 2.29. The van der Waals surface area contributed by atoms with Gasteiger partial charge in [0.25, 0.3) is 0 Å². The third-order valence-corrected chi connectivity index (χ3v) is 2.83. The first-order valence-corrected chi connectivity index (χ1v) is 5.92. The fourth-order valence-corrected chi connectivity index (χ4v) is 1.80. The van der Waals surface area contributed by atoms with Gasteiger partial charge in [-0.1, -0.05) is 36.4 Å². The molecular formula is C14H14BN2. The number of benzene rings is 2. The molecule has 1 aliphatic heterocycles. The topological polar surface area (TPSA) is 6.25 Å². The lowest BCUT2D eigenvalue weighted by molar-refractivity contribution is 0.890. The number of para-hydroxylation sites is 2. The summed E-state index contributed by atoms with van der Waals surface area (Å²) in [6, 6.07) is 20.9. The number of hydrogen-bond acceptors (Lipinski definition) is 2. The van der Waals surface area contributed by atoms with Crippen LogP contribution in [0.1, 0.15) is 0 Å². The monoisotopic (exact) mass is 221 g/mol. The summed E-state index contributed by atoms with van der Waals surface area (Å²) >= 11 is 0. The van der Waals surface area contributed by atoms with Crippen molar-refractivity contribution in [2.75, 3.05) is 17.9 Å². The van der Waals surface area contributed by atoms with Gasteiger partial charge in [-0.15, -0.1) is 0 Å². The third kappa shape index (κ3) is 2.51. The molecule has 3 rings (SSSR count). The standard InChI is InChI=1S/C14H14BN2/c1-3-7-13(8-4-1)17(15-16-11-12-16)14-9-5-2-6-10-14/h1-10H,11-12H2. The first kappa shape index (κ1) is 10.4. The van der Waals surface area contributed by atoms with Crippen LogP contribution in [0.25, 0.3) is 0 Å². The SMILES string of the molecule is [B](N1CC1)N(c1ccccc1)c1ccccc1. The normalized spacial score (nSPS) is 14.4. The Bertz CT molecular complexity index is 429. The van der Waals surface area contributed by atoms with E-state index in [9.17, 15) is 0 Å². The van der Waals surface area contributed by atoms with E-state index in [1.54, 1.807) is 0 Å². The summed E-state index contributed by atoms with van der Waals surface area (Å²) in [7, 11) is 2.19. The minimum atomic E-state index is 1.16. The third-order valence-electron chi connectivity index (χ3n) is 2.83. The van der Waals surface area contributed by atoms with E-state index >= 15 is 0 Å². The molecule has 1 aliphatic rings. The Morgan fingerprint density at radius 3 is 1.65 bits per heavy atom. The number of nitrogens with zero attached hydrogens (tertiary/aromatic N) is 2. The van der Waals surface area contributed by atoms with Gasteiger partial charge >= 0.3 is 7.55 Å². The molecule has 0 N–H and O–H groups in total. The zero-order valence-electron chi connectivity index (χ0n) is 9.66. The van der Waals surface area contributed by atoms with Crippen molar-refractivity contribution in [3.05, 3.63) is 60.7 Å². The van der Waals surface area contributed by atoms with E-state index in [1.165, 1.54) is 11.4 Å². The quantitative estimate of drug-likeness (QED) is 0.578. The Balaban J connectivity index is 1.91. The number of rotatable bonds is 4. The van der Waals surface area contributed by atoms with E-state index in [2.05, 4.69) is 65.7 Å². The van der Waals surface area contributed by atoms with Crippen LogP contribution in [0, 0.1) is 0 Å². The highest BCUT2D eigenvalue weighted by Crippen LogP contribution is 2.25. The van der Waals surface area contributed by atoms with Crippen molar-refractivity contribution in [1.82, 2.24) is 4.81 Å². The van der Waals surface area contributed by atoms with Crippen molar-refractivity contribution in [2.24, 2.45) is 0 Å². The number of anilines is 2. The summed E-state index contributed by atoms with van der Waals surface area (Å²) in [4.78, 5) is 4.52. The minimum absolute atomic E-state index is 1.16. The van der Waals surface area contributed by atoms with E-state index in [-0.39, 0.29) is 0 Å². The van der Waals surface area contributed by atoms with Crippen LogP contribution in [0.4, 0.5) is 11.4 Å². The predicted molar refractivity (Wildman–Crippen MR) is 72.4 cm³/mol. The fraction of sp³-hybridized carbons (Fsp3) is 0.143. The van der Waals surface area contributed by atoms with Gasteiger partial charge in [-0.2, -0.15) is 0 Å². The summed E-state index contributed by atoms with van der Waals surface area (Å²) in [6.07, 6.45) is 0. The van der Waals surface area contributed by atoms with Crippen molar-refractivity contribution < 1.29 is 0 Å². The summed E-state index contributed by atoms with van der Waals surface area (Å²) in [6.45, 7) is 2.33. The smallest absolute Gasteiger partial charge is 0.357 e. The van der Waals surface area contributed by atoms with Crippen LogP contribution in [-0.2, 0) is 0 Å². The van der Waals surface area contributed by atoms with Crippen LogP contribution in [0.5, 0.6) is 0 Å². The van der Waals surface area contributed by atoms with E-state index in [0.29, 0.717) is 0 Å². The van der Waals surface area contributed by atoms with Crippen molar-refractivity contribution in [2.45, 2.75) is 0 Å². The first-order chi connectivity index (χ1) is 8.43. The van der Waals surface area contributed by atoms with Gasteiger partial charge in [0.15, 0.2) is 0 Å². The van der Waals surface area contributed by atoms with Crippen LogP contribution < -0.4 is 4.81 Å². The molecule has 1 radical (unpaired) electrons. The van der Waals surface area contributed by atoms with Gasteiger partial charge in [-0.25, -0.2) is 0 Å². The molecule has 0 amide bonds. The van der Waals surface area contributed by atoms with Gasteiger partial charge in [0.1, 0.15) is 0 Å². The zero-order valence-corrected chi connectivity index (χ0v) is 9.66. The molecule has 2 aromatic rings. The van der Waals surface area contributed by atoms with Crippen LogP contribution in [-0.4, -0.2) is 25.4 Å². The molecule has 0 aliphatic carbocycles. The second-order valence-electron chi connectivity index (χ2n) is 4.19. The Morgan fingerprint density at radius 1 is 0.765 bits per heavy atom. The van der Waals surface area contributed by atoms with Crippen molar-refractivity contribution in [3.8, 4) is 0 Å². The molecule has 3 heteroatoms. The summed E-state index contributed by atoms with van der Waals surface area (Å²) in [5.41, 5.74) is 2.40. The Morgan fingerprint density at radius 2 is 1.24 bits per heavy atom. The maximum Gasteiger partial charge on any atom is 0.357 e. The average molecular weight is 221 g/mol. The Kier molecular flexibility index (Phi) is 2.84. The van der Waals surface area contributed by atoms with E-state index in [1.807, 2.05) is 12.1 Å². The summed E-state index contributed by atoms with van der Waals surface area (Å²) < 4.78 is 0. The van der Waals surface area contributed by atoms with E-state index in [4.69, 9.17) is 0 Å². The van der Waals surface area contributed by atoms with Gasteiger partial charge in [-0.3, -0.25) is 0 Å². The number of hydrogen-bond donors (Lipinski definition) is 0. The molecule has 0 bridgehead atoms.